The summed E-state index contributed by atoms with van der Waals surface area (Å²) in [5, 5.41) is 4.18. The molecule has 0 spiro atoms. The second-order valence-corrected chi connectivity index (χ2v) is 9.30. The summed E-state index contributed by atoms with van der Waals surface area (Å²) >= 11 is 5.90. The molecule has 4 heterocycles. The molecule has 0 amide bonds. The molecule has 1 fully saturated rings. The summed E-state index contributed by atoms with van der Waals surface area (Å²) in [5.74, 6) is 1.57. The number of anilines is 1. The molecule has 7 heteroatoms. The number of nitrogens with one attached hydrogen (secondary N) is 1. The average Bonchev–Trinajstić information content (AvgIpc) is 3.56. The fourth-order valence-electron chi connectivity index (χ4n) is 4.73. The Morgan fingerprint density at radius 3 is 2.22 bits per heavy atom. The third-order valence-corrected chi connectivity index (χ3v) is 6.81. The van der Waals surface area contributed by atoms with Crippen LogP contribution in [0.15, 0.2) is 116 Å². The number of hydrogen-bond donors (Lipinski definition) is 1. The highest BCUT2D eigenvalue weighted by molar-refractivity contribution is 7.80. The molecule has 1 N–H and O–H groups in total. The van der Waals surface area contributed by atoms with E-state index in [1.165, 1.54) is 5.56 Å². The number of rotatable bonds is 6. The zero-order chi connectivity index (χ0) is 25.2. The number of ether oxygens (including phenoxy) is 1. The number of hydrogen-bond acceptors (Lipinski definition) is 4. The molecule has 0 aliphatic carbocycles. The van der Waals surface area contributed by atoms with Crippen molar-refractivity contribution in [3.8, 4) is 17.2 Å². The molecule has 1 saturated heterocycles. The molecular formula is C30H25N5OS. The molecule has 3 aromatic heterocycles. The van der Waals surface area contributed by atoms with Gasteiger partial charge < -0.3 is 19.5 Å². The van der Waals surface area contributed by atoms with Gasteiger partial charge in [-0.3, -0.25) is 9.97 Å². The molecule has 5 aromatic rings. The summed E-state index contributed by atoms with van der Waals surface area (Å²) < 4.78 is 8.24. The molecule has 1 aliphatic heterocycles. The standard InChI is InChI=1S/C30H25N5OS/c1-21-7-11-24(12-8-21)36-25-13-9-23(10-14-25)35-29(28(33-30(35)37)26-5-2-3-17-32-26)27-6-4-20-34(27)22-15-18-31-19-16-22/h2-20,28-29H,1H3,(H,33,37). The summed E-state index contributed by atoms with van der Waals surface area (Å²) in [4.78, 5) is 11.0. The zero-order valence-electron chi connectivity index (χ0n) is 20.2. The molecule has 1 aliphatic rings. The molecule has 0 radical (unpaired) electrons. The van der Waals surface area contributed by atoms with E-state index in [4.69, 9.17) is 17.0 Å². The Labute approximate surface area is 221 Å². The molecule has 37 heavy (non-hydrogen) atoms. The molecule has 6 nitrogen and oxygen atoms in total. The van der Waals surface area contributed by atoms with E-state index in [1.807, 2.05) is 85.1 Å². The van der Waals surface area contributed by atoms with Gasteiger partial charge in [-0.25, -0.2) is 0 Å². The van der Waals surface area contributed by atoms with Crippen molar-refractivity contribution in [2.24, 2.45) is 0 Å². The first-order chi connectivity index (χ1) is 18.2. The quantitative estimate of drug-likeness (QED) is 0.265. The monoisotopic (exact) mass is 503 g/mol. The van der Waals surface area contributed by atoms with Crippen LogP contribution in [0.25, 0.3) is 5.69 Å². The van der Waals surface area contributed by atoms with Crippen LogP contribution in [0.1, 0.15) is 29.0 Å². The number of benzene rings is 2. The van der Waals surface area contributed by atoms with Crippen molar-refractivity contribution in [2.45, 2.75) is 19.0 Å². The average molecular weight is 504 g/mol. The Morgan fingerprint density at radius 1 is 0.784 bits per heavy atom. The maximum atomic E-state index is 6.06. The summed E-state index contributed by atoms with van der Waals surface area (Å²) in [6.45, 7) is 2.06. The fraction of sp³-hybridized carbons (Fsp3) is 0.100. The van der Waals surface area contributed by atoms with Crippen molar-refractivity contribution >= 4 is 23.0 Å². The number of aryl methyl sites for hydroxylation is 1. The van der Waals surface area contributed by atoms with Gasteiger partial charge in [-0.15, -0.1) is 0 Å². The molecule has 6 rings (SSSR count). The molecular weight excluding hydrogens is 478 g/mol. The first-order valence-corrected chi connectivity index (χ1v) is 12.5. The lowest BCUT2D eigenvalue weighted by Crippen LogP contribution is -2.30. The maximum absolute atomic E-state index is 6.06. The lowest BCUT2D eigenvalue weighted by atomic mass is 10.0. The predicted octanol–water partition coefficient (Wildman–Crippen LogP) is 6.55. The second kappa shape index (κ2) is 9.87. The van der Waals surface area contributed by atoms with E-state index in [0.717, 1.165) is 34.3 Å². The van der Waals surface area contributed by atoms with Crippen molar-refractivity contribution < 1.29 is 4.74 Å². The largest absolute Gasteiger partial charge is 0.457 e. The van der Waals surface area contributed by atoms with Crippen molar-refractivity contribution in [3.63, 3.8) is 0 Å². The molecule has 2 aromatic carbocycles. The van der Waals surface area contributed by atoms with Gasteiger partial charge in [-0.1, -0.05) is 23.8 Å². The van der Waals surface area contributed by atoms with E-state index in [2.05, 4.69) is 50.0 Å². The Bertz CT molecular complexity index is 1500. The zero-order valence-corrected chi connectivity index (χ0v) is 21.0. The number of nitrogens with zero attached hydrogens (tertiary/aromatic N) is 4. The van der Waals surface area contributed by atoms with Crippen LogP contribution in [0, 0.1) is 6.92 Å². The van der Waals surface area contributed by atoms with Crippen LogP contribution in [0.3, 0.4) is 0 Å². The summed E-state index contributed by atoms with van der Waals surface area (Å²) in [6, 6.07) is 30.0. The van der Waals surface area contributed by atoms with Gasteiger partial charge in [0.25, 0.3) is 0 Å². The summed E-state index contributed by atoms with van der Waals surface area (Å²) in [7, 11) is 0. The summed E-state index contributed by atoms with van der Waals surface area (Å²) in [6.07, 6.45) is 7.49. The second-order valence-electron chi connectivity index (χ2n) is 8.91. The van der Waals surface area contributed by atoms with Gasteiger partial charge in [0.15, 0.2) is 5.11 Å². The Morgan fingerprint density at radius 2 is 1.51 bits per heavy atom. The SMILES string of the molecule is Cc1ccc(Oc2ccc(N3C(=S)NC(c4ccccn4)C3c3cccn3-c3ccncc3)cc2)cc1. The molecule has 2 unspecified atom stereocenters. The lowest BCUT2D eigenvalue weighted by molar-refractivity contribution is 0.482. The van der Waals surface area contributed by atoms with Crippen molar-refractivity contribution in [2.75, 3.05) is 4.90 Å². The number of aromatic nitrogens is 3. The Hall–Kier alpha value is -4.49. The minimum absolute atomic E-state index is 0.130. The minimum Gasteiger partial charge on any atom is -0.457 e. The normalized spacial score (nSPS) is 17.0. The van der Waals surface area contributed by atoms with Crippen LogP contribution in [0.5, 0.6) is 11.5 Å². The van der Waals surface area contributed by atoms with Crippen molar-refractivity contribution in [3.05, 3.63) is 133 Å². The Balaban J connectivity index is 1.38. The maximum Gasteiger partial charge on any atom is 0.174 e. The molecule has 182 valence electrons. The van der Waals surface area contributed by atoms with Gasteiger partial charge in [0.05, 0.1) is 11.7 Å². The fourth-order valence-corrected chi connectivity index (χ4v) is 5.07. The van der Waals surface area contributed by atoms with E-state index in [9.17, 15) is 0 Å². The van der Waals surface area contributed by atoms with Crippen molar-refractivity contribution in [1.29, 1.82) is 0 Å². The van der Waals surface area contributed by atoms with Crippen LogP contribution >= 0.6 is 12.2 Å². The predicted molar refractivity (Wildman–Crippen MR) is 149 cm³/mol. The number of thiocarbonyl (C=S) groups is 1. The molecule has 0 saturated carbocycles. The van der Waals surface area contributed by atoms with Gasteiger partial charge in [0, 0.05) is 41.9 Å². The highest BCUT2D eigenvalue weighted by Crippen LogP contribution is 2.42. The minimum atomic E-state index is -0.132. The van der Waals surface area contributed by atoms with Crippen LogP contribution in [0.2, 0.25) is 0 Å². The Kier molecular flexibility index (Phi) is 6.12. The first kappa shape index (κ1) is 22.9. The van der Waals surface area contributed by atoms with Crippen molar-refractivity contribution in [1.82, 2.24) is 19.9 Å². The third-order valence-electron chi connectivity index (χ3n) is 6.49. The molecule has 0 bridgehead atoms. The van der Waals surface area contributed by atoms with E-state index in [0.29, 0.717) is 5.11 Å². The van der Waals surface area contributed by atoms with Gasteiger partial charge >= 0.3 is 0 Å². The van der Waals surface area contributed by atoms with E-state index >= 15 is 0 Å². The van der Waals surface area contributed by atoms with Crippen LogP contribution in [0.4, 0.5) is 5.69 Å². The van der Waals surface area contributed by atoms with E-state index in [1.54, 1.807) is 12.4 Å². The van der Waals surface area contributed by atoms with E-state index < -0.39 is 0 Å². The van der Waals surface area contributed by atoms with E-state index in [-0.39, 0.29) is 12.1 Å². The third kappa shape index (κ3) is 4.57. The van der Waals surface area contributed by atoms with Gasteiger partial charge in [-0.05, 0) is 91.9 Å². The topological polar surface area (TPSA) is 55.2 Å². The van der Waals surface area contributed by atoms with Gasteiger partial charge in [0.2, 0.25) is 0 Å². The molecule has 2 atom stereocenters. The summed E-state index contributed by atoms with van der Waals surface area (Å²) in [5.41, 5.74) is 5.23. The van der Waals surface area contributed by atoms with Gasteiger partial charge in [0.1, 0.15) is 17.5 Å². The lowest BCUT2D eigenvalue weighted by Gasteiger charge is -2.29. The van der Waals surface area contributed by atoms with Crippen LogP contribution < -0.4 is 15.0 Å². The number of pyridine rings is 2. The first-order valence-electron chi connectivity index (χ1n) is 12.1. The smallest absolute Gasteiger partial charge is 0.174 e. The van der Waals surface area contributed by atoms with Crippen LogP contribution in [-0.4, -0.2) is 19.6 Å². The van der Waals surface area contributed by atoms with Crippen LogP contribution in [-0.2, 0) is 0 Å². The highest BCUT2D eigenvalue weighted by Gasteiger charge is 2.42. The van der Waals surface area contributed by atoms with Gasteiger partial charge in [-0.2, -0.15) is 0 Å². The highest BCUT2D eigenvalue weighted by atomic mass is 32.1.